The van der Waals surface area contributed by atoms with Crippen LogP contribution in [0, 0.1) is 0 Å². The van der Waals surface area contributed by atoms with Crippen LogP contribution in [0.2, 0.25) is 4.34 Å². The molecular formula is C15H24ClN3OS. The maximum atomic E-state index is 12.1. The summed E-state index contributed by atoms with van der Waals surface area (Å²) >= 11 is 7.59. The Kier molecular flexibility index (Phi) is 6.48. The summed E-state index contributed by atoms with van der Waals surface area (Å²) in [5.41, 5.74) is 5.71. The minimum atomic E-state index is 0.187. The molecule has 0 spiro atoms. The molecule has 1 amide bonds. The van der Waals surface area contributed by atoms with Crippen molar-refractivity contribution in [3.8, 4) is 0 Å². The van der Waals surface area contributed by atoms with Gasteiger partial charge in [0.15, 0.2) is 0 Å². The Morgan fingerprint density at radius 3 is 2.67 bits per heavy atom. The molecule has 1 aromatic rings. The van der Waals surface area contributed by atoms with Gasteiger partial charge < -0.3 is 10.6 Å². The standard InChI is InChI=1S/C15H24ClN3OS/c1-12(17)3-2-4-15(20)19-9-7-18(8-10-19)11-13-5-6-14(16)21-13/h5-6,12H,2-4,7-11,17H2,1H3. The van der Waals surface area contributed by atoms with E-state index in [-0.39, 0.29) is 11.9 Å². The molecule has 0 aliphatic carbocycles. The maximum absolute atomic E-state index is 12.1. The molecule has 1 aliphatic rings. The van der Waals surface area contributed by atoms with Crippen molar-refractivity contribution < 1.29 is 4.79 Å². The summed E-state index contributed by atoms with van der Waals surface area (Å²) < 4.78 is 0.841. The molecule has 0 saturated carbocycles. The Morgan fingerprint density at radius 2 is 2.10 bits per heavy atom. The number of piperazine rings is 1. The molecule has 1 aliphatic heterocycles. The van der Waals surface area contributed by atoms with Gasteiger partial charge in [0.25, 0.3) is 0 Å². The van der Waals surface area contributed by atoms with E-state index in [1.807, 2.05) is 17.9 Å². The van der Waals surface area contributed by atoms with E-state index in [2.05, 4.69) is 11.0 Å². The van der Waals surface area contributed by atoms with Gasteiger partial charge in [-0.05, 0) is 31.9 Å². The smallest absolute Gasteiger partial charge is 0.222 e. The van der Waals surface area contributed by atoms with Crippen molar-refractivity contribution in [3.63, 3.8) is 0 Å². The van der Waals surface area contributed by atoms with E-state index in [9.17, 15) is 4.79 Å². The molecule has 0 radical (unpaired) electrons. The van der Waals surface area contributed by atoms with Gasteiger partial charge in [-0.15, -0.1) is 11.3 Å². The molecule has 1 saturated heterocycles. The number of rotatable bonds is 6. The molecule has 1 atom stereocenters. The third-order valence-electron chi connectivity index (χ3n) is 3.78. The Morgan fingerprint density at radius 1 is 1.38 bits per heavy atom. The molecule has 0 bridgehead atoms. The van der Waals surface area contributed by atoms with E-state index in [1.54, 1.807) is 11.3 Å². The predicted octanol–water partition coefficient (Wildman–Crippen LogP) is 2.56. The first-order valence-corrected chi connectivity index (χ1v) is 8.74. The van der Waals surface area contributed by atoms with E-state index in [4.69, 9.17) is 17.3 Å². The first-order valence-electron chi connectivity index (χ1n) is 7.54. The van der Waals surface area contributed by atoms with Crippen molar-refractivity contribution in [3.05, 3.63) is 21.3 Å². The van der Waals surface area contributed by atoms with Gasteiger partial charge in [0.05, 0.1) is 4.34 Å². The normalized spacial score (nSPS) is 18.0. The number of amides is 1. The fourth-order valence-electron chi connectivity index (χ4n) is 2.55. The van der Waals surface area contributed by atoms with Gasteiger partial charge in [-0.1, -0.05) is 11.6 Å². The van der Waals surface area contributed by atoms with Crippen molar-refractivity contribution in [1.29, 1.82) is 0 Å². The fourth-order valence-corrected chi connectivity index (χ4v) is 3.68. The predicted molar refractivity (Wildman–Crippen MR) is 88.7 cm³/mol. The molecule has 1 fully saturated rings. The van der Waals surface area contributed by atoms with Gasteiger partial charge in [0, 0.05) is 50.1 Å². The minimum absolute atomic E-state index is 0.187. The van der Waals surface area contributed by atoms with Crippen LogP contribution in [-0.2, 0) is 11.3 Å². The molecule has 21 heavy (non-hydrogen) atoms. The lowest BCUT2D eigenvalue weighted by Gasteiger charge is -2.34. The van der Waals surface area contributed by atoms with Crippen LogP contribution in [-0.4, -0.2) is 47.9 Å². The molecule has 6 heteroatoms. The molecule has 0 aromatic carbocycles. The van der Waals surface area contributed by atoms with Gasteiger partial charge in [-0.3, -0.25) is 9.69 Å². The largest absolute Gasteiger partial charge is 0.340 e. The van der Waals surface area contributed by atoms with E-state index in [0.29, 0.717) is 6.42 Å². The molecule has 1 aromatic heterocycles. The number of nitrogens with zero attached hydrogens (tertiary/aromatic N) is 2. The summed E-state index contributed by atoms with van der Waals surface area (Å²) in [4.78, 5) is 17.8. The topological polar surface area (TPSA) is 49.6 Å². The summed E-state index contributed by atoms with van der Waals surface area (Å²) in [5, 5.41) is 0. The summed E-state index contributed by atoms with van der Waals surface area (Å²) in [6.07, 6.45) is 2.44. The lowest BCUT2D eigenvalue weighted by atomic mass is 10.1. The van der Waals surface area contributed by atoms with Crippen LogP contribution in [0.5, 0.6) is 0 Å². The zero-order chi connectivity index (χ0) is 15.2. The maximum Gasteiger partial charge on any atom is 0.222 e. The average Bonchev–Trinajstić information content (AvgIpc) is 2.84. The summed E-state index contributed by atoms with van der Waals surface area (Å²) in [6.45, 7) is 6.46. The first-order chi connectivity index (χ1) is 10.0. The van der Waals surface area contributed by atoms with Crippen molar-refractivity contribution in [2.45, 2.75) is 38.8 Å². The highest BCUT2D eigenvalue weighted by molar-refractivity contribution is 7.16. The summed E-state index contributed by atoms with van der Waals surface area (Å²) in [7, 11) is 0. The van der Waals surface area contributed by atoms with Crippen LogP contribution in [0.1, 0.15) is 31.1 Å². The Hall–Kier alpha value is -0.620. The van der Waals surface area contributed by atoms with Crippen molar-refractivity contribution in [1.82, 2.24) is 9.80 Å². The van der Waals surface area contributed by atoms with Crippen LogP contribution in [0.4, 0.5) is 0 Å². The molecule has 1 unspecified atom stereocenters. The zero-order valence-corrected chi connectivity index (χ0v) is 14.1. The SMILES string of the molecule is CC(N)CCCC(=O)N1CCN(Cc2ccc(Cl)s2)CC1. The number of hydrogen-bond acceptors (Lipinski definition) is 4. The van der Waals surface area contributed by atoms with Gasteiger partial charge in [0.1, 0.15) is 0 Å². The summed E-state index contributed by atoms with van der Waals surface area (Å²) in [5.74, 6) is 0.273. The monoisotopic (exact) mass is 329 g/mol. The minimum Gasteiger partial charge on any atom is -0.340 e. The Bertz CT molecular complexity index is 456. The fraction of sp³-hybridized carbons (Fsp3) is 0.667. The first kappa shape index (κ1) is 16.7. The second-order valence-electron chi connectivity index (χ2n) is 5.73. The molecule has 4 nitrogen and oxygen atoms in total. The third-order valence-corrected chi connectivity index (χ3v) is 5.00. The van der Waals surface area contributed by atoms with Crippen molar-refractivity contribution >= 4 is 28.8 Å². The quantitative estimate of drug-likeness (QED) is 0.872. The number of thiophene rings is 1. The number of nitrogens with two attached hydrogens (primary N) is 1. The second-order valence-corrected chi connectivity index (χ2v) is 7.53. The highest BCUT2D eigenvalue weighted by Gasteiger charge is 2.21. The molecule has 2 rings (SSSR count). The molecule has 2 N–H and O–H groups in total. The number of hydrogen-bond donors (Lipinski definition) is 1. The van der Waals surface area contributed by atoms with E-state index in [1.165, 1.54) is 4.88 Å². The highest BCUT2D eigenvalue weighted by atomic mass is 35.5. The van der Waals surface area contributed by atoms with Gasteiger partial charge in [-0.2, -0.15) is 0 Å². The average molecular weight is 330 g/mol. The highest BCUT2D eigenvalue weighted by Crippen LogP contribution is 2.23. The van der Waals surface area contributed by atoms with Crippen LogP contribution >= 0.6 is 22.9 Å². The molecule has 118 valence electrons. The van der Waals surface area contributed by atoms with Crippen LogP contribution in [0.25, 0.3) is 0 Å². The van der Waals surface area contributed by atoms with Crippen molar-refractivity contribution in [2.75, 3.05) is 26.2 Å². The van der Waals surface area contributed by atoms with E-state index in [0.717, 1.165) is 49.9 Å². The van der Waals surface area contributed by atoms with E-state index >= 15 is 0 Å². The molecular weight excluding hydrogens is 306 g/mol. The van der Waals surface area contributed by atoms with Gasteiger partial charge >= 0.3 is 0 Å². The van der Waals surface area contributed by atoms with Crippen LogP contribution in [0.15, 0.2) is 12.1 Å². The zero-order valence-electron chi connectivity index (χ0n) is 12.6. The molecule has 2 heterocycles. The van der Waals surface area contributed by atoms with Gasteiger partial charge in [0.2, 0.25) is 5.91 Å². The Labute approximate surface area is 135 Å². The lowest BCUT2D eigenvalue weighted by molar-refractivity contribution is -0.133. The third kappa shape index (κ3) is 5.58. The van der Waals surface area contributed by atoms with Crippen LogP contribution < -0.4 is 5.73 Å². The Balaban J connectivity index is 1.69. The van der Waals surface area contributed by atoms with Crippen molar-refractivity contribution in [2.24, 2.45) is 5.73 Å². The summed E-state index contributed by atoms with van der Waals surface area (Å²) in [6, 6.07) is 4.21. The van der Waals surface area contributed by atoms with Gasteiger partial charge in [-0.25, -0.2) is 0 Å². The number of carbonyl (C=O) groups excluding carboxylic acids is 1. The second kappa shape index (κ2) is 8.13. The number of carbonyl (C=O) groups is 1. The van der Waals surface area contributed by atoms with E-state index < -0.39 is 0 Å². The number of halogens is 1. The van der Waals surface area contributed by atoms with Crippen LogP contribution in [0.3, 0.4) is 0 Å². The lowest BCUT2D eigenvalue weighted by Crippen LogP contribution is -2.48.